The quantitative estimate of drug-likeness (QED) is 0.815. The van der Waals surface area contributed by atoms with E-state index in [4.69, 9.17) is 17.0 Å². The number of nitrogens with one attached hydrogen (secondary N) is 1. The lowest BCUT2D eigenvalue weighted by molar-refractivity contribution is 0.111. The van der Waals surface area contributed by atoms with Crippen LogP contribution in [0.2, 0.25) is 0 Å². The van der Waals surface area contributed by atoms with E-state index in [0.717, 1.165) is 18.6 Å². The minimum Gasteiger partial charge on any atom is -0.378 e. The molecule has 2 aromatic rings. The Balaban J connectivity index is 2.18. The molecule has 0 bridgehead atoms. The van der Waals surface area contributed by atoms with Crippen molar-refractivity contribution < 1.29 is 9.13 Å². The van der Waals surface area contributed by atoms with Crippen LogP contribution in [-0.4, -0.2) is 36.0 Å². The van der Waals surface area contributed by atoms with Crippen molar-refractivity contribution in [1.29, 1.82) is 0 Å². The number of aromatic amines is 1. The van der Waals surface area contributed by atoms with Crippen molar-refractivity contribution in [3.8, 4) is 0 Å². The molecule has 1 fully saturated rings. The van der Waals surface area contributed by atoms with Gasteiger partial charge in [-0.25, -0.2) is 9.07 Å². The van der Waals surface area contributed by atoms with Crippen LogP contribution in [0, 0.1) is 10.6 Å². The average Bonchev–Trinajstić information content (AvgIpc) is 2.66. The molecule has 0 atom stereocenters. The number of hydrogen-bond acceptors (Lipinski definition) is 3. The Morgan fingerprint density at radius 3 is 2.78 bits per heavy atom. The van der Waals surface area contributed by atoms with Gasteiger partial charge in [-0.05, 0) is 34.2 Å². The van der Waals surface area contributed by atoms with Gasteiger partial charge in [-0.1, -0.05) is 0 Å². The summed E-state index contributed by atoms with van der Waals surface area (Å²) in [5.41, 5.74) is 1.57. The first-order valence-corrected chi connectivity index (χ1v) is 6.80. The lowest BCUT2D eigenvalue weighted by atomic mass is 10.3. The van der Waals surface area contributed by atoms with Crippen LogP contribution in [0.3, 0.4) is 0 Å². The molecule has 18 heavy (non-hydrogen) atoms. The number of morpholine rings is 1. The first-order valence-electron chi connectivity index (χ1n) is 5.59. The summed E-state index contributed by atoms with van der Waals surface area (Å²) in [7, 11) is 0. The monoisotopic (exact) mass is 331 g/mol. The van der Waals surface area contributed by atoms with Gasteiger partial charge in [0.15, 0.2) is 4.77 Å². The molecule has 7 heteroatoms. The van der Waals surface area contributed by atoms with E-state index in [1.165, 1.54) is 6.07 Å². The molecule has 0 aliphatic carbocycles. The van der Waals surface area contributed by atoms with Crippen molar-refractivity contribution in [3.63, 3.8) is 0 Å². The van der Waals surface area contributed by atoms with Crippen LogP contribution >= 0.6 is 28.1 Å². The maximum absolute atomic E-state index is 13.5. The summed E-state index contributed by atoms with van der Waals surface area (Å²) in [6.07, 6.45) is 0. The summed E-state index contributed by atoms with van der Waals surface area (Å²) in [5, 5.41) is 2.11. The van der Waals surface area contributed by atoms with Gasteiger partial charge >= 0.3 is 0 Å². The third-order valence-corrected chi connectivity index (χ3v) is 3.85. The van der Waals surface area contributed by atoms with E-state index in [0.29, 0.717) is 28.0 Å². The van der Waals surface area contributed by atoms with Crippen LogP contribution in [0.5, 0.6) is 0 Å². The molecule has 1 saturated heterocycles. The van der Waals surface area contributed by atoms with Crippen LogP contribution in [0.15, 0.2) is 16.6 Å². The zero-order chi connectivity index (χ0) is 12.7. The van der Waals surface area contributed by atoms with Crippen LogP contribution in [-0.2, 0) is 4.74 Å². The number of fused-ring (bicyclic) bond motifs is 1. The molecule has 1 N–H and O–H groups in total. The third kappa shape index (κ3) is 1.96. The average molecular weight is 332 g/mol. The smallest absolute Gasteiger partial charge is 0.197 e. The SMILES string of the molecule is Fc1cc2[nH]c(=S)n(N3CCOCC3)c2cc1Br. The number of nitrogens with zero attached hydrogens (tertiary/aromatic N) is 2. The van der Waals surface area contributed by atoms with E-state index in [1.54, 1.807) is 6.07 Å². The van der Waals surface area contributed by atoms with Crippen molar-refractivity contribution >= 4 is 39.2 Å². The molecule has 1 aliphatic heterocycles. The van der Waals surface area contributed by atoms with E-state index in [2.05, 4.69) is 25.9 Å². The Bertz CT molecular complexity index is 648. The van der Waals surface area contributed by atoms with Crippen LogP contribution in [0.1, 0.15) is 0 Å². The normalized spacial score (nSPS) is 16.4. The zero-order valence-electron chi connectivity index (χ0n) is 9.45. The number of halogens is 2. The highest BCUT2D eigenvalue weighted by Gasteiger charge is 2.16. The highest BCUT2D eigenvalue weighted by molar-refractivity contribution is 9.10. The fraction of sp³-hybridized carbons (Fsp3) is 0.364. The molecule has 0 spiro atoms. The Kier molecular flexibility index (Phi) is 3.13. The number of ether oxygens (including phenoxy) is 1. The molecule has 0 amide bonds. The third-order valence-electron chi connectivity index (χ3n) is 2.97. The highest BCUT2D eigenvalue weighted by Crippen LogP contribution is 2.23. The van der Waals surface area contributed by atoms with E-state index >= 15 is 0 Å². The molecule has 2 heterocycles. The van der Waals surface area contributed by atoms with Crippen molar-refractivity contribution in [1.82, 2.24) is 9.66 Å². The van der Waals surface area contributed by atoms with Gasteiger partial charge < -0.3 is 14.7 Å². The van der Waals surface area contributed by atoms with Crippen LogP contribution in [0.25, 0.3) is 11.0 Å². The van der Waals surface area contributed by atoms with E-state index in [1.807, 2.05) is 4.68 Å². The molecule has 4 nitrogen and oxygen atoms in total. The van der Waals surface area contributed by atoms with E-state index in [-0.39, 0.29) is 5.82 Å². The number of rotatable bonds is 1. The highest BCUT2D eigenvalue weighted by atomic mass is 79.9. The minimum absolute atomic E-state index is 0.298. The molecule has 1 aromatic carbocycles. The number of H-pyrrole nitrogens is 1. The van der Waals surface area contributed by atoms with E-state index in [9.17, 15) is 4.39 Å². The minimum atomic E-state index is -0.298. The predicted molar refractivity (Wildman–Crippen MR) is 73.6 cm³/mol. The van der Waals surface area contributed by atoms with Gasteiger partial charge in [-0.3, -0.25) is 0 Å². The van der Waals surface area contributed by atoms with Gasteiger partial charge in [0, 0.05) is 6.07 Å². The molecular weight excluding hydrogens is 321 g/mol. The van der Waals surface area contributed by atoms with Gasteiger partial charge in [-0.15, -0.1) is 0 Å². The molecule has 1 aromatic heterocycles. The molecule has 0 unspecified atom stereocenters. The van der Waals surface area contributed by atoms with Crippen molar-refractivity contribution in [2.24, 2.45) is 0 Å². The Morgan fingerprint density at radius 2 is 2.06 bits per heavy atom. The Morgan fingerprint density at radius 1 is 1.33 bits per heavy atom. The van der Waals surface area contributed by atoms with Gasteiger partial charge in [0.1, 0.15) is 5.82 Å². The fourth-order valence-corrected chi connectivity index (χ4v) is 2.78. The fourth-order valence-electron chi connectivity index (χ4n) is 2.12. The Labute approximate surface area is 116 Å². The summed E-state index contributed by atoms with van der Waals surface area (Å²) in [6, 6.07) is 3.19. The summed E-state index contributed by atoms with van der Waals surface area (Å²) < 4.78 is 21.7. The van der Waals surface area contributed by atoms with Gasteiger partial charge in [0.25, 0.3) is 0 Å². The molecule has 0 radical (unpaired) electrons. The standard InChI is InChI=1S/C11H11BrFN3OS/c12-7-5-10-9(6-8(7)13)14-11(18)16(10)15-1-3-17-4-2-15/h5-6H,1-4H2,(H,14,18). The summed E-state index contributed by atoms with van der Waals surface area (Å²) in [4.78, 5) is 3.03. The first-order chi connectivity index (χ1) is 8.66. The summed E-state index contributed by atoms with van der Waals surface area (Å²) in [5.74, 6) is -0.298. The number of aromatic nitrogens is 2. The summed E-state index contributed by atoms with van der Waals surface area (Å²) >= 11 is 8.51. The van der Waals surface area contributed by atoms with Gasteiger partial charge in [0.05, 0.1) is 41.8 Å². The van der Waals surface area contributed by atoms with Crippen molar-refractivity contribution in [2.45, 2.75) is 0 Å². The molecule has 3 rings (SSSR count). The molecule has 1 aliphatic rings. The van der Waals surface area contributed by atoms with Gasteiger partial charge in [-0.2, -0.15) is 0 Å². The second-order valence-corrected chi connectivity index (χ2v) is 5.33. The zero-order valence-corrected chi connectivity index (χ0v) is 11.9. The van der Waals surface area contributed by atoms with E-state index < -0.39 is 0 Å². The topological polar surface area (TPSA) is 33.2 Å². The van der Waals surface area contributed by atoms with Crippen molar-refractivity contribution in [2.75, 3.05) is 31.3 Å². The van der Waals surface area contributed by atoms with Crippen LogP contribution in [0.4, 0.5) is 4.39 Å². The van der Waals surface area contributed by atoms with Crippen LogP contribution < -0.4 is 5.01 Å². The molecular formula is C11H11BrFN3OS. The lowest BCUT2D eigenvalue weighted by Crippen LogP contribution is -2.43. The largest absolute Gasteiger partial charge is 0.378 e. The maximum Gasteiger partial charge on any atom is 0.197 e. The summed E-state index contributed by atoms with van der Waals surface area (Å²) in [6.45, 7) is 2.90. The number of benzene rings is 1. The second kappa shape index (κ2) is 4.64. The lowest BCUT2D eigenvalue weighted by Gasteiger charge is -2.29. The Hall–Kier alpha value is -0.920. The first kappa shape index (κ1) is 12.1. The second-order valence-electron chi connectivity index (χ2n) is 4.09. The number of imidazole rings is 1. The molecule has 96 valence electrons. The maximum atomic E-state index is 13.5. The van der Waals surface area contributed by atoms with Crippen molar-refractivity contribution in [3.05, 3.63) is 27.2 Å². The van der Waals surface area contributed by atoms with Gasteiger partial charge in [0.2, 0.25) is 0 Å². The molecule has 0 saturated carbocycles. The predicted octanol–water partition coefficient (Wildman–Crippen LogP) is 2.57. The number of hydrogen-bond donors (Lipinski definition) is 1.